The van der Waals surface area contributed by atoms with Crippen molar-refractivity contribution in [3.05, 3.63) is 70.6 Å². The molecule has 4 rings (SSSR count). The summed E-state index contributed by atoms with van der Waals surface area (Å²) in [5.74, 6) is -0.609. The maximum atomic E-state index is 13.0. The summed E-state index contributed by atoms with van der Waals surface area (Å²) in [6.45, 7) is 3.91. The van der Waals surface area contributed by atoms with Crippen LogP contribution in [0.25, 0.3) is 20.8 Å². The molecule has 0 aliphatic carbocycles. The van der Waals surface area contributed by atoms with E-state index in [1.165, 1.54) is 11.3 Å². The highest BCUT2D eigenvalue weighted by Crippen LogP contribution is 2.33. The van der Waals surface area contributed by atoms with E-state index >= 15 is 0 Å². The van der Waals surface area contributed by atoms with Crippen LogP contribution >= 0.6 is 22.7 Å². The maximum absolute atomic E-state index is 13.0. The van der Waals surface area contributed by atoms with Gasteiger partial charge in [-0.2, -0.15) is 0 Å². The number of aryl methyl sites for hydroxylation is 1. The second-order valence-electron chi connectivity index (χ2n) is 6.33. The fraction of sp³-hybridized carbons (Fsp3) is 0.136. The first kappa shape index (κ1) is 19.3. The third-order valence-electron chi connectivity index (χ3n) is 4.31. The Kier molecular flexibility index (Phi) is 5.42. The zero-order valence-electron chi connectivity index (χ0n) is 15.9. The lowest BCUT2D eigenvalue weighted by Gasteiger charge is -2.07. The van der Waals surface area contributed by atoms with Gasteiger partial charge in [-0.05, 0) is 43.7 Å². The number of benzene rings is 2. The van der Waals surface area contributed by atoms with Crippen LogP contribution < -0.4 is 5.32 Å². The fourth-order valence-corrected chi connectivity index (χ4v) is 4.94. The van der Waals surface area contributed by atoms with Crippen molar-refractivity contribution < 1.29 is 14.3 Å². The van der Waals surface area contributed by atoms with Crippen LogP contribution in [0.4, 0.5) is 5.00 Å². The number of para-hydroxylation sites is 1. The molecule has 29 heavy (non-hydrogen) atoms. The van der Waals surface area contributed by atoms with Crippen molar-refractivity contribution in [3.8, 4) is 10.6 Å². The molecule has 0 atom stereocenters. The third-order valence-corrected chi connectivity index (χ3v) is 6.51. The number of rotatable bonds is 5. The average Bonchev–Trinajstić information content (AvgIpc) is 3.31. The third kappa shape index (κ3) is 3.92. The molecule has 0 bridgehead atoms. The summed E-state index contributed by atoms with van der Waals surface area (Å²) in [5, 5.41) is 4.31. The van der Waals surface area contributed by atoms with Crippen molar-refractivity contribution in [2.45, 2.75) is 13.8 Å². The molecule has 0 saturated carbocycles. The van der Waals surface area contributed by atoms with Gasteiger partial charge in [0.05, 0.1) is 21.8 Å². The average molecular weight is 423 g/mol. The Morgan fingerprint density at radius 2 is 1.83 bits per heavy atom. The molecule has 0 spiro atoms. The first-order chi connectivity index (χ1) is 14.1. The molecule has 5 nitrogen and oxygen atoms in total. The van der Waals surface area contributed by atoms with Crippen LogP contribution in [0.2, 0.25) is 0 Å². The van der Waals surface area contributed by atoms with Gasteiger partial charge >= 0.3 is 5.97 Å². The Labute approximate surface area is 176 Å². The predicted octanol–water partition coefficient (Wildman–Crippen LogP) is 5.76. The van der Waals surface area contributed by atoms with Crippen LogP contribution in [0.1, 0.15) is 32.5 Å². The number of esters is 1. The number of thiazole rings is 1. The van der Waals surface area contributed by atoms with E-state index in [0.29, 0.717) is 22.0 Å². The van der Waals surface area contributed by atoms with Gasteiger partial charge in [-0.1, -0.05) is 30.3 Å². The van der Waals surface area contributed by atoms with Crippen LogP contribution in [0.5, 0.6) is 0 Å². The van der Waals surface area contributed by atoms with Crippen molar-refractivity contribution in [1.29, 1.82) is 0 Å². The van der Waals surface area contributed by atoms with Crippen molar-refractivity contribution in [2.24, 2.45) is 0 Å². The van der Waals surface area contributed by atoms with E-state index in [0.717, 1.165) is 26.4 Å². The Bertz CT molecular complexity index is 1180. The van der Waals surface area contributed by atoms with E-state index in [-0.39, 0.29) is 11.9 Å². The molecule has 0 fully saturated rings. The molecule has 2 aromatic carbocycles. The SMILES string of the molecule is CCOC(=O)c1sc(NC(=O)c2ccccc2-c2nc3ccccc3s2)cc1C. The highest BCUT2D eigenvalue weighted by Gasteiger charge is 2.19. The minimum atomic E-state index is -0.370. The van der Waals surface area contributed by atoms with E-state index in [9.17, 15) is 9.59 Å². The normalized spacial score (nSPS) is 10.8. The Hall–Kier alpha value is -3.03. The number of nitrogens with one attached hydrogen (secondary N) is 1. The number of carbonyl (C=O) groups is 2. The van der Waals surface area contributed by atoms with E-state index in [2.05, 4.69) is 10.3 Å². The number of ether oxygens (including phenoxy) is 1. The molecule has 146 valence electrons. The second kappa shape index (κ2) is 8.14. The van der Waals surface area contributed by atoms with Crippen LogP contribution in [-0.2, 0) is 4.74 Å². The number of hydrogen-bond donors (Lipinski definition) is 1. The van der Waals surface area contributed by atoms with Gasteiger partial charge in [-0.25, -0.2) is 9.78 Å². The molecule has 0 saturated heterocycles. The van der Waals surface area contributed by atoms with Crippen molar-refractivity contribution in [1.82, 2.24) is 4.98 Å². The summed E-state index contributed by atoms with van der Waals surface area (Å²) in [6, 6.07) is 17.1. The van der Waals surface area contributed by atoms with Gasteiger partial charge in [-0.3, -0.25) is 4.79 Å². The van der Waals surface area contributed by atoms with Gasteiger partial charge < -0.3 is 10.1 Å². The maximum Gasteiger partial charge on any atom is 0.348 e. The molecular weight excluding hydrogens is 404 g/mol. The van der Waals surface area contributed by atoms with Gasteiger partial charge in [0.15, 0.2) is 0 Å². The molecule has 1 N–H and O–H groups in total. The first-order valence-corrected chi connectivity index (χ1v) is 10.7. The minimum absolute atomic E-state index is 0.239. The first-order valence-electron chi connectivity index (χ1n) is 9.10. The monoisotopic (exact) mass is 422 g/mol. The van der Waals surface area contributed by atoms with Crippen molar-refractivity contribution in [3.63, 3.8) is 0 Å². The van der Waals surface area contributed by atoms with E-state index < -0.39 is 0 Å². The number of thiophene rings is 1. The molecule has 0 aliphatic rings. The Morgan fingerprint density at radius 3 is 2.62 bits per heavy atom. The summed E-state index contributed by atoms with van der Waals surface area (Å²) >= 11 is 2.77. The molecule has 2 aromatic heterocycles. The number of amides is 1. The van der Waals surface area contributed by atoms with Crippen LogP contribution in [-0.4, -0.2) is 23.5 Å². The number of carbonyl (C=O) groups excluding carboxylic acids is 2. The molecule has 0 unspecified atom stereocenters. The second-order valence-corrected chi connectivity index (χ2v) is 8.41. The summed E-state index contributed by atoms with van der Waals surface area (Å²) in [5.41, 5.74) is 3.01. The number of fused-ring (bicyclic) bond motifs is 1. The lowest BCUT2D eigenvalue weighted by atomic mass is 10.1. The van der Waals surface area contributed by atoms with Crippen molar-refractivity contribution >= 4 is 49.8 Å². The van der Waals surface area contributed by atoms with Gasteiger partial charge in [-0.15, -0.1) is 22.7 Å². The summed E-state index contributed by atoms with van der Waals surface area (Å²) in [4.78, 5) is 30.2. The van der Waals surface area contributed by atoms with E-state index in [4.69, 9.17) is 4.74 Å². The minimum Gasteiger partial charge on any atom is -0.462 e. The summed E-state index contributed by atoms with van der Waals surface area (Å²) < 4.78 is 6.14. The standard InChI is InChI=1S/C22H18N2O3S2/c1-3-27-22(26)19-13(2)12-18(29-19)24-20(25)14-8-4-5-9-15(14)21-23-16-10-6-7-11-17(16)28-21/h4-12H,3H2,1-2H3,(H,24,25). The largest absolute Gasteiger partial charge is 0.462 e. The molecular formula is C22H18N2O3S2. The Morgan fingerprint density at radius 1 is 1.07 bits per heavy atom. The lowest BCUT2D eigenvalue weighted by Crippen LogP contribution is -2.12. The number of aromatic nitrogens is 1. The topological polar surface area (TPSA) is 68.3 Å². The summed E-state index contributed by atoms with van der Waals surface area (Å²) in [7, 11) is 0. The lowest BCUT2D eigenvalue weighted by molar-refractivity contribution is 0.0531. The van der Waals surface area contributed by atoms with Crippen LogP contribution in [0.3, 0.4) is 0 Å². The predicted molar refractivity (Wildman–Crippen MR) is 118 cm³/mol. The smallest absolute Gasteiger partial charge is 0.348 e. The molecule has 0 aliphatic heterocycles. The quantitative estimate of drug-likeness (QED) is 0.415. The van der Waals surface area contributed by atoms with Gasteiger partial charge in [0.1, 0.15) is 9.88 Å². The highest BCUT2D eigenvalue weighted by atomic mass is 32.1. The molecule has 0 radical (unpaired) electrons. The molecule has 1 amide bonds. The van der Waals surface area contributed by atoms with Gasteiger partial charge in [0.2, 0.25) is 0 Å². The van der Waals surface area contributed by atoms with Crippen molar-refractivity contribution in [2.75, 3.05) is 11.9 Å². The number of anilines is 1. The molecule has 4 aromatic rings. The fourth-order valence-electron chi connectivity index (χ4n) is 2.98. The highest BCUT2D eigenvalue weighted by molar-refractivity contribution is 7.21. The number of nitrogens with zero attached hydrogens (tertiary/aromatic N) is 1. The Balaban J connectivity index is 1.63. The van der Waals surface area contributed by atoms with E-state index in [1.54, 1.807) is 30.4 Å². The zero-order chi connectivity index (χ0) is 20.4. The van der Waals surface area contributed by atoms with Gasteiger partial charge in [0.25, 0.3) is 5.91 Å². The van der Waals surface area contributed by atoms with Crippen LogP contribution in [0.15, 0.2) is 54.6 Å². The van der Waals surface area contributed by atoms with Crippen LogP contribution in [0, 0.1) is 6.92 Å². The molecule has 2 heterocycles. The number of hydrogen-bond acceptors (Lipinski definition) is 6. The molecule has 7 heteroatoms. The summed E-state index contributed by atoms with van der Waals surface area (Å²) in [6.07, 6.45) is 0. The van der Waals surface area contributed by atoms with Gasteiger partial charge in [0, 0.05) is 11.1 Å². The zero-order valence-corrected chi connectivity index (χ0v) is 17.5. The van der Waals surface area contributed by atoms with E-state index in [1.807, 2.05) is 49.4 Å².